The van der Waals surface area contributed by atoms with Gasteiger partial charge in [0, 0.05) is 10.9 Å². The first-order valence-corrected chi connectivity index (χ1v) is 4.99. The zero-order valence-electron chi connectivity index (χ0n) is 8.92. The normalized spacial score (nSPS) is 12.7. The molecule has 2 rings (SSSR count). The van der Waals surface area contributed by atoms with Crippen LogP contribution in [-0.4, -0.2) is 28.9 Å². The Morgan fingerprint density at radius 1 is 1.38 bits per heavy atom. The maximum Gasteiger partial charge on any atom is 0.219 e. The molecule has 1 atom stereocenters. The number of aliphatic hydroxyl groups excluding tert-OH is 2. The first kappa shape index (κ1) is 10.9. The molecule has 4 heteroatoms. The maximum absolute atomic E-state index is 9.63. The van der Waals surface area contributed by atoms with E-state index in [0.717, 1.165) is 10.9 Å². The first-order valence-electron chi connectivity index (χ1n) is 4.99. The molecule has 4 nitrogen and oxygen atoms in total. The lowest BCUT2D eigenvalue weighted by atomic mass is 10.1. The van der Waals surface area contributed by atoms with Crippen molar-refractivity contribution in [3.8, 4) is 5.88 Å². The van der Waals surface area contributed by atoms with Crippen molar-refractivity contribution in [3.05, 3.63) is 35.9 Å². The van der Waals surface area contributed by atoms with E-state index < -0.39 is 6.10 Å². The lowest BCUT2D eigenvalue weighted by Gasteiger charge is -2.12. The molecule has 0 radical (unpaired) electrons. The highest BCUT2D eigenvalue weighted by molar-refractivity contribution is 5.80. The van der Waals surface area contributed by atoms with E-state index in [1.807, 2.05) is 24.3 Å². The lowest BCUT2D eigenvalue weighted by Crippen LogP contribution is -2.06. The third kappa shape index (κ3) is 1.85. The smallest absolute Gasteiger partial charge is 0.219 e. The van der Waals surface area contributed by atoms with E-state index >= 15 is 0 Å². The summed E-state index contributed by atoms with van der Waals surface area (Å²) in [5.74, 6) is 0.347. The van der Waals surface area contributed by atoms with Crippen LogP contribution in [-0.2, 0) is 0 Å². The number of fused-ring (bicyclic) bond motifs is 1. The second-order valence-corrected chi connectivity index (χ2v) is 3.48. The van der Waals surface area contributed by atoms with Crippen molar-refractivity contribution in [3.63, 3.8) is 0 Å². The number of para-hydroxylation sites is 1. The van der Waals surface area contributed by atoms with Crippen LogP contribution >= 0.6 is 0 Å². The number of ether oxygens (including phenoxy) is 1. The summed E-state index contributed by atoms with van der Waals surface area (Å²) in [7, 11) is 1.49. The molecule has 0 saturated heterocycles. The van der Waals surface area contributed by atoms with Crippen LogP contribution in [0.1, 0.15) is 11.7 Å². The van der Waals surface area contributed by atoms with Gasteiger partial charge in [0.2, 0.25) is 5.88 Å². The summed E-state index contributed by atoms with van der Waals surface area (Å²) in [6.07, 6.45) is -0.966. The Hall–Kier alpha value is -1.65. The highest BCUT2D eigenvalue weighted by Crippen LogP contribution is 2.26. The van der Waals surface area contributed by atoms with Gasteiger partial charge in [-0.15, -0.1) is 0 Å². The van der Waals surface area contributed by atoms with Gasteiger partial charge >= 0.3 is 0 Å². The number of hydrogen-bond acceptors (Lipinski definition) is 4. The van der Waals surface area contributed by atoms with Gasteiger partial charge in [-0.1, -0.05) is 18.2 Å². The molecule has 0 fully saturated rings. The minimum atomic E-state index is -0.966. The van der Waals surface area contributed by atoms with Gasteiger partial charge in [0.25, 0.3) is 0 Å². The van der Waals surface area contributed by atoms with Crippen LogP contribution in [0.5, 0.6) is 5.88 Å². The largest absolute Gasteiger partial charge is 0.481 e. The van der Waals surface area contributed by atoms with Gasteiger partial charge in [0.05, 0.1) is 19.2 Å². The number of nitrogens with zero attached hydrogens (tertiary/aromatic N) is 1. The summed E-state index contributed by atoms with van der Waals surface area (Å²) in [5, 5.41) is 19.5. The van der Waals surface area contributed by atoms with E-state index in [1.165, 1.54) is 7.11 Å². The quantitative estimate of drug-likeness (QED) is 0.816. The van der Waals surface area contributed by atoms with Crippen molar-refractivity contribution in [1.29, 1.82) is 0 Å². The lowest BCUT2D eigenvalue weighted by molar-refractivity contribution is 0.0929. The number of pyridine rings is 1. The predicted octanol–water partition coefficient (Wildman–Crippen LogP) is 1.27. The minimum Gasteiger partial charge on any atom is -0.481 e. The molecule has 0 aliphatic rings. The Bertz CT molecular complexity index is 499. The molecule has 0 spiro atoms. The Balaban J connectivity index is 2.62. The zero-order chi connectivity index (χ0) is 11.5. The standard InChI is InChI=1S/C12H13NO3/c1-16-12-9(11(15)7-14)6-8-4-2-3-5-10(8)13-12/h2-6,11,14-15H,7H2,1H3. The Kier molecular flexibility index (Phi) is 3.03. The number of aromatic nitrogens is 1. The topological polar surface area (TPSA) is 62.6 Å². The number of rotatable bonds is 3. The van der Waals surface area contributed by atoms with Crippen LogP contribution in [0.2, 0.25) is 0 Å². The fraction of sp³-hybridized carbons (Fsp3) is 0.250. The van der Waals surface area contributed by atoms with Gasteiger partial charge < -0.3 is 14.9 Å². The molecule has 0 saturated carbocycles. The Morgan fingerprint density at radius 3 is 2.81 bits per heavy atom. The molecule has 0 aliphatic carbocycles. The van der Waals surface area contributed by atoms with Crippen molar-refractivity contribution in [1.82, 2.24) is 4.98 Å². The van der Waals surface area contributed by atoms with Gasteiger partial charge in [-0.05, 0) is 12.1 Å². The minimum absolute atomic E-state index is 0.347. The van der Waals surface area contributed by atoms with Crippen LogP contribution in [0.15, 0.2) is 30.3 Å². The van der Waals surface area contributed by atoms with Crippen molar-refractivity contribution in [2.75, 3.05) is 13.7 Å². The van der Waals surface area contributed by atoms with Gasteiger partial charge in [-0.3, -0.25) is 0 Å². The molecule has 2 aromatic rings. The van der Waals surface area contributed by atoms with Crippen molar-refractivity contribution in [2.24, 2.45) is 0 Å². The SMILES string of the molecule is COc1nc2ccccc2cc1C(O)CO. The Morgan fingerprint density at radius 2 is 2.12 bits per heavy atom. The fourth-order valence-electron chi connectivity index (χ4n) is 1.62. The molecule has 1 unspecified atom stereocenters. The summed E-state index contributed by atoms with van der Waals surface area (Å²) in [4.78, 5) is 4.27. The summed E-state index contributed by atoms with van der Waals surface area (Å²) in [6, 6.07) is 9.33. The average molecular weight is 219 g/mol. The first-order chi connectivity index (χ1) is 7.76. The third-order valence-corrected chi connectivity index (χ3v) is 2.44. The molecular weight excluding hydrogens is 206 g/mol. The molecule has 16 heavy (non-hydrogen) atoms. The molecule has 1 aromatic heterocycles. The summed E-state index contributed by atoms with van der Waals surface area (Å²) in [5.41, 5.74) is 1.30. The third-order valence-electron chi connectivity index (χ3n) is 2.44. The molecule has 0 bridgehead atoms. The molecular formula is C12H13NO3. The van der Waals surface area contributed by atoms with E-state index in [-0.39, 0.29) is 6.61 Å². The van der Waals surface area contributed by atoms with Gasteiger partial charge in [-0.2, -0.15) is 0 Å². The van der Waals surface area contributed by atoms with Crippen LogP contribution in [0.3, 0.4) is 0 Å². The van der Waals surface area contributed by atoms with E-state index in [9.17, 15) is 5.11 Å². The molecule has 0 aliphatic heterocycles. The van der Waals surface area contributed by atoms with Crippen LogP contribution in [0, 0.1) is 0 Å². The summed E-state index contributed by atoms with van der Waals surface area (Å²) >= 11 is 0. The number of benzene rings is 1. The molecule has 1 aromatic carbocycles. The fourth-order valence-corrected chi connectivity index (χ4v) is 1.62. The monoisotopic (exact) mass is 219 g/mol. The van der Waals surface area contributed by atoms with Crippen molar-refractivity contribution < 1.29 is 14.9 Å². The zero-order valence-corrected chi connectivity index (χ0v) is 8.92. The summed E-state index contributed by atoms with van der Waals surface area (Å²) < 4.78 is 5.09. The van der Waals surface area contributed by atoms with E-state index in [0.29, 0.717) is 11.4 Å². The number of methoxy groups -OCH3 is 1. The van der Waals surface area contributed by atoms with E-state index in [1.54, 1.807) is 6.07 Å². The summed E-state index contributed by atoms with van der Waals surface area (Å²) in [6.45, 7) is -0.351. The van der Waals surface area contributed by atoms with E-state index in [4.69, 9.17) is 9.84 Å². The van der Waals surface area contributed by atoms with Crippen molar-refractivity contribution in [2.45, 2.75) is 6.10 Å². The number of hydrogen-bond donors (Lipinski definition) is 2. The molecule has 2 N–H and O–H groups in total. The second-order valence-electron chi connectivity index (χ2n) is 3.48. The van der Waals surface area contributed by atoms with Crippen LogP contribution in [0.25, 0.3) is 10.9 Å². The molecule has 1 heterocycles. The number of aliphatic hydroxyl groups is 2. The van der Waals surface area contributed by atoms with Crippen molar-refractivity contribution >= 4 is 10.9 Å². The second kappa shape index (κ2) is 4.47. The maximum atomic E-state index is 9.63. The van der Waals surface area contributed by atoms with Gasteiger partial charge in [0.15, 0.2) is 0 Å². The highest BCUT2D eigenvalue weighted by atomic mass is 16.5. The average Bonchev–Trinajstić information content (AvgIpc) is 2.36. The van der Waals surface area contributed by atoms with Gasteiger partial charge in [-0.25, -0.2) is 4.98 Å². The highest BCUT2D eigenvalue weighted by Gasteiger charge is 2.14. The predicted molar refractivity (Wildman–Crippen MR) is 60.3 cm³/mol. The van der Waals surface area contributed by atoms with E-state index in [2.05, 4.69) is 4.98 Å². The Labute approximate surface area is 93.1 Å². The molecule has 0 amide bonds. The van der Waals surface area contributed by atoms with Crippen LogP contribution < -0.4 is 4.74 Å². The molecule has 84 valence electrons. The van der Waals surface area contributed by atoms with Gasteiger partial charge in [0.1, 0.15) is 6.10 Å². The van der Waals surface area contributed by atoms with Crippen LogP contribution in [0.4, 0.5) is 0 Å².